The Hall–Kier alpha value is -2.79. The molecular formula is C22H24ClN3O2. The number of rotatable bonds is 8. The van der Waals surface area contributed by atoms with Gasteiger partial charge in [0.05, 0.1) is 30.1 Å². The predicted octanol–water partition coefficient (Wildman–Crippen LogP) is 4.94. The van der Waals surface area contributed by atoms with Crippen molar-refractivity contribution >= 4 is 17.5 Å². The molecule has 0 radical (unpaired) electrons. The van der Waals surface area contributed by atoms with Crippen LogP contribution >= 0.6 is 11.6 Å². The molecule has 28 heavy (non-hydrogen) atoms. The van der Waals surface area contributed by atoms with E-state index in [1.807, 2.05) is 55.5 Å². The quantitative estimate of drug-likeness (QED) is 0.565. The summed E-state index contributed by atoms with van der Waals surface area (Å²) in [5, 5.41) is 3.62. The third kappa shape index (κ3) is 4.93. The molecule has 0 saturated carbocycles. The van der Waals surface area contributed by atoms with Gasteiger partial charge < -0.3 is 15.0 Å². The monoisotopic (exact) mass is 397 g/mol. The summed E-state index contributed by atoms with van der Waals surface area (Å²) >= 11 is 6.15. The molecule has 1 heterocycles. The first-order chi connectivity index (χ1) is 13.6. The molecule has 0 aliphatic heterocycles. The van der Waals surface area contributed by atoms with Gasteiger partial charge in [0.2, 0.25) is 5.91 Å². The Kier molecular flexibility index (Phi) is 6.71. The minimum absolute atomic E-state index is 0.0172. The third-order valence-electron chi connectivity index (χ3n) is 4.61. The van der Waals surface area contributed by atoms with Gasteiger partial charge in [0.25, 0.3) is 0 Å². The topological polar surface area (TPSA) is 67.0 Å². The summed E-state index contributed by atoms with van der Waals surface area (Å²) in [5.74, 6) is 1.38. The van der Waals surface area contributed by atoms with Crippen molar-refractivity contribution in [2.45, 2.75) is 32.2 Å². The molecule has 0 spiro atoms. The lowest BCUT2D eigenvalue weighted by atomic mass is 10.1. The molecule has 5 nitrogen and oxygen atoms in total. The van der Waals surface area contributed by atoms with Gasteiger partial charge in [0, 0.05) is 6.42 Å². The molecule has 0 saturated heterocycles. The first-order valence-corrected chi connectivity index (χ1v) is 9.70. The molecule has 3 aromatic rings. The third-order valence-corrected chi connectivity index (χ3v) is 4.91. The van der Waals surface area contributed by atoms with E-state index >= 15 is 0 Å². The number of benzene rings is 2. The highest BCUT2D eigenvalue weighted by Crippen LogP contribution is 2.25. The summed E-state index contributed by atoms with van der Waals surface area (Å²) in [6.45, 7) is 2.03. The average Bonchev–Trinajstić information content (AvgIpc) is 3.21. The summed E-state index contributed by atoms with van der Waals surface area (Å²) in [5.41, 5.74) is 3.01. The number of ether oxygens (including phenoxy) is 1. The minimum Gasteiger partial charge on any atom is -0.495 e. The smallest absolute Gasteiger partial charge is 0.220 e. The summed E-state index contributed by atoms with van der Waals surface area (Å²) in [6.07, 6.45) is 3.55. The number of H-pyrrole nitrogens is 1. The fourth-order valence-electron chi connectivity index (χ4n) is 3.03. The first-order valence-electron chi connectivity index (χ1n) is 9.32. The fraction of sp³-hybridized carbons (Fsp3) is 0.273. The van der Waals surface area contributed by atoms with Crippen molar-refractivity contribution in [1.29, 1.82) is 0 Å². The lowest BCUT2D eigenvalue weighted by Gasteiger charge is -2.15. The van der Waals surface area contributed by atoms with E-state index in [0.717, 1.165) is 29.1 Å². The number of aromatic nitrogens is 2. The number of carbonyl (C=O) groups excluding carboxylic acids is 1. The van der Waals surface area contributed by atoms with Crippen LogP contribution in [0.2, 0.25) is 5.02 Å². The Morgan fingerprint density at radius 1 is 1.25 bits per heavy atom. The van der Waals surface area contributed by atoms with E-state index in [9.17, 15) is 4.79 Å². The Balaban J connectivity index is 1.59. The van der Waals surface area contributed by atoms with Gasteiger partial charge in [-0.15, -0.1) is 0 Å². The van der Waals surface area contributed by atoms with Crippen LogP contribution in [0, 0.1) is 0 Å². The minimum atomic E-state index is -0.149. The Bertz CT molecular complexity index is 925. The van der Waals surface area contributed by atoms with Gasteiger partial charge in [-0.05, 0) is 36.1 Å². The molecule has 2 N–H and O–H groups in total. The number of aryl methyl sites for hydroxylation is 1. The number of amides is 1. The van der Waals surface area contributed by atoms with Crippen LogP contribution in [0.1, 0.15) is 37.2 Å². The molecule has 6 heteroatoms. The van der Waals surface area contributed by atoms with Gasteiger partial charge in [0.15, 0.2) is 0 Å². The molecule has 3 rings (SSSR count). The van der Waals surface area contributed by atoms with E-state index in [0.29, 0.717) is 23.6 Å². The van der Waals surface area contributed by atoms with Crippen LogP contribution in [-0.2, 0) is 11.2 Å². The van der Waals surface area contributed by atoms with Gasteiger partial charge in [-0.25, -0.2) is 4.98 Å². The Labute approximate surface area is 170 Å². The summed E-state index contributed by atoms with van der Waals surface area (Å²) in [7, 11) is 1.58. The maximum atomic E-state index is 12.4. The van der Waals surface area contributed by atoms with E-state index in [2.05, 4.69) is 15.3 Å². The maximum Gasteiger partial charge on any atom is 0.220 e. The van der Waals surface area contributed by atoms with Crippen LogP contribution in [0.3, 0.4) is 0 Å². The van der Waals surface area contributed by atoms with E-state index in [1.54, 1.807) is 13.3 Å². The SMILES string of the molecule is CCC(NC(=O)CCc1ccc(OC)c(Cl)c1)c1ncc(-c2ccccc2)[nH]1. The number of nitrogens with one attached hydrogen (secondary N) is 2. The second-order valence-electron chi connectivity index (χ2n) is 6.55. The van der Waals surface area contributed by atoms with Crippen LogP contribution in [-0.4, -0.2) is 23.0 Å². The molecular weight excluding hydrogens is 374 g/mol. The number of hydrogen-bond donors (Lipinski definition) is 2. The molecule has 0 aliphatic carbocycles. The first kappa shape index (κ1) is 20.0. The second kappa shape index (κ2) is 9.42. The van der Waals surface area contributed by atoms with Crippen molar-refractivity contribution in [3.8, 4) is 17.0 Å². The van der Waals surface area contributed by atoms with Crippen LogP contribution in [0.4, 0.5) is 0 Å². The van der Waals surface area contributed by atoms with E-state index in [1.165, 1.54) is 0 Å². The Morgan fingerprint density at radius 3 is 2.71 bits per heavy atom. The highest BCUT2D eigenvalue weighted by atomic mass is 35.5. The fourth-order valence-corrected chi connectivity index (χ4v) is 3.31. The van der Waals surface area contributed by atoms with E-state index in [4.69, 9.17) is 16.3 Å². The normalized spacial score (nSPS) is 11.8. The molecule has 1 atom stereocenters. The number of aromatic amines is 1. The number of halogens is 1. The standard InChI is InChI=1S/C22H24ClN3O2/c1-3-18(22-24-14-19(26-22)16-7-5-4-6-8-16)25-21(27)12-10-15-9-11-20(28-2)17(23)13-15/h4-9,11,13-14,18H,3,10,12H2,1-2H3,(H,24,26)(H,25,27). The molecule has 1 aromatic heterocycles. The summed E-state index contributed by atoms with van der Waals surface area (Å²) < 4.78 is 5.15. The van der Waals surface area contributed by atoms with Crippen LogP contribution < -0.4 is 10.1 Å². The second-order valence-corrected chi connectivity index (χ2v) is 6.95. The van der Waals surface area contributed by atoms with Gasteiger partial charge in [-0.1, -0.05) is 54.9 Å². The molecule has 146 valence electrons. The number of methoxy groups -OCH3 is 1. The lowest BCUT2D eigenvalue weighted by Crippen LogP contribution is -2.29. The highest BCUT2D eigenvalue weighted by molar-refractivity contribution is 6.32. The van der Waals surface area contributed by atoms with E-state index in [-0.39, 0.29) is 11.9 Å². The maximum absolute atomic E-state index is 12.4. The zero-order valence-corrected chi connectivity index (χ0v) is 16.8. The zero-order valence-electron chi connectivity index (χ0n) is 16.0. The number of imidazole rings is 1. The van der Waals surface area contributed by atoms with E-state index < -0.39 is 0 Å². The van der Waals surface area contributed by atoms with Gasteiger partial charge in [-0.3, -0.25) is 4.79 Å². The zero-order chi connectivity index (χ0) is 19.9. The lowest BCUT2D eigenvalue weighted by molar-refractivity contribution is -0.121. The molecule has 0 bridgehead atoms. The van der Waals surface area contributed by atoms with Gasteiger partial charge >= 0.3 is 0 Å². The summed E-state index contributed by atoms with van der Waals surface area (Å²) in [4.78, 5) is 20.2. The number of carbonyl (C=O) groups is 1. The number of nitrogens with zero attached hydrogens (tertiary/aromatic N) is 1. The molecule has 2 aromatic carbocycles. The van der Waals surface area contributed by atoms with Crippen molar-refractivity contribution in [2.24, 2.45) is 0 Å². The summed E-state index contributed by atoms with van der Waals surface area (Å²) in [6, 6.07) is 15.4. The van der Waals surface area contributed by atoms with Crippen molar-refractivity contribution in [3.05, 3.63) is 71.1 Å². The predicted molar refractivity (Wildman–Crippen MR) is 112 cm³/mol. The van der Waals surface area contributed by atoms with Crippen LogP contribution in [0.25, 0.3) is 11.3 Å². The highest BCUT2D eigenvalue weighted by Gasteiger charge is 2.16. The molecule has 1 unspecified atom stereocenters. The van der Waals surface area contributed by atoms with Crippen LogP contribution in [0.15, 0.2) is 54.7 Å². The van der Waals surface area contributed by atoms with Crippen LogP contribution in [0.5, 0.6) is 5.75 Å². The largest absolute Gasteiger partial charge is 0.495 e. The van der Waals surface area contributed by atoms with Gasteiger partial charge in [-0.2, -0.15) is 0 Å². The van der Waals surface area contributed by atoms with Crippen molar-refractivity contribution < 1.29 is 9.53 Å². The molecule has 1 amide bonds. The van der Waals surface area contributed by atoms with Crippen molar-refractivity contribution in [2.75, 3.05) is 7.11 Å². The Morgan fingerprint density at radius 2 is 2.04 bits per heavy atom. The molecule has 0 aliphatic rings. The average molecular weight is 398 g/mol. The molecule has 0 fully saturated rings. The van der Waals surface area contributed by atoms with Crippen molar-refractivity contribution in [3.63, 3.8) is 0 Å². The van der Waals surface area contributed by atoms with Crippen molar-refractivity contribution in [1.82, 2.24) is 15.3 Å². The van der Waals surface area contributed by atoms with Gasteiger partial charge in [0.1, 0.15) is 11.6 Å². The number of hydrogen-bond acceptors (Lipinski definition) is 3.